The van der Waals surface area contributed by atoms with Crippen LogP contribution in [0.4, 0.5) is 18.9 Å². The van der Waals surface area contributed by atoms with Crippen molar-refractivity contribution in [3.8, 4) is 5.75 Å². The van der Waals surface area contributed by atoms with Crippen molar-refractivity contribution in [1.82, 2.24) is 0 Å². The molecule has 1 aromatic rings. The quantitative estimate of drug-likeness (QED) is 0.833. The van der Waals surface area contributed by atoms with E-state index < -0.39 is 34.0 Å². The molecule has 1 aromatic carbocycles. The van der Waals surface area contributed by atoms with E-state index in [9.17, 15) is 26.4 Å². The summed E-state index contributed by atoms with van der Waals surface area (Å²) < 4.78 is 63.3. The molecule has 0 unspecified atom stereocenters. The zero-order valence-corrected chi connectivity index (χ0v) is 12.3. The average Bonchev–Trinajstić information content (AvgIpc) is 2.34. The van der Waals surface area contributed by atoms with Gasteiger partial charge in [-0.3, -0.25) is 4.79 Å². The monoisotopic (exact) mass is 345 g/mol. The SMILES string of the molecule is COc1ccc(S(=O)(=O)Cl)cc1NC(=O)CCC(F)(F)F. The maximum absolute atomic E-state index is 12.0. The molecule has 0 aromatic heterocycles. The molecule has 118 valence electrons. The van der Waals surface area contributed by atoms with Gasteiger partial charge in [0.2, 0.25) is 5.91 Å². The van der Waals surface area contributed by atoms with Crippen molar-refractivity contribution < 1.29 is 31.1 Å². The number of alkyl halides is 3. The van der Waals surface area contributed by atoms with Gasteiger partial charge in [0.05, 0.1) is 24.1 Å². The van der Waals surface area contributed by atoms with Crippen molar-refractivity contribution in [1.29, 1.82) is 0 Å². The number of ether oxygens (including phenoxy) is 1. The second kappa shape index (κ2) is 6.52. The van der Waals surface area contributed by atoms with Gasteiger partial charge in [-0.25, -0.2) is 8.42 Å². The van der Waals surface area contributed by atoms with Crippen LogP contribution in [0.1, 0.15) is 12.8 Å². The summed E-state index contributed by atoms with van der Waals surface area (Å²) in [6.07, 6.45) is -6.53. The van der Waals surface area contributed by atoms with Gasteiger partial charge >= 0.3 is 6.18 Å². The van der Waals surface area contributed by atoms with Crippen molar-refractivity contribution in [2.75, 3.05) is 12.4 Å². The fourth-order valence-corrected chi connectivity index (χ4v) is 2.18. The van der Waals surface area contributed by atoms with Crippen LogP contribution in [-0.2, 0) is 13.8 Å². The van der Waals surface area contributed by atoms with E-state index in [1.54, 1.807) is 0 Å². The molecule has 0 atom stereocenters. The molecular weight excluding hydrogens is 335 g/mol. The molecular formula is C11H11ClF3NO4S. The lowest BCUT2D eigenvalue weighted by atomic mass is 10.2. The number of carbonyl (C=O) groups excluding carboxylic acids is 1. The Balaban J connectivity index is 2.93. The van der Waals surface area contributed by atoms with Gasteiger partial charge in [-0.1, -0.05) is 0 Å². The zero-order valence-electron chi connectivity index (χ0n) is 10.7. The third-order valence-electron chi connectivity index (χ3n) is 2.36. The van der Waals surface area contributed by atoms with E-state index in [0.29, 0.717) is 0 Å². The van der Waals surface area contributed by atoms with Gasteiger partial charge in [0.15, 0.2) is 0 Å². The fourth-order valence-electron chi connectivity index (χ4n) is 1.40. The number of methoxy groups -OCH3 is 1. The van der Waals surface area contributed by atoms with E-state index in [-0.39, 0.29) is 16.3 Å². The Morgan fingerprint density at radius 1 is 1.38 bits per heavy atom. The van der Waals surface area contributed by atoms with Gasteiger partial charge in [0, 0.05) is 17.1 Å². The minimum absolute atomic E-state index is 0.0774. The normalized spacial score (nSPS) is 12.0. The molecule has 0 aliphatic rings. The van der Waals surface area contributed by atoms with Crippen molar-refractivity contribution in [3.05, 3.63) is 18.2 Å². The molecule has 0 heterocycles. The number of carbonyl (C=O) groups is 1. The summed E-state index contributed by atoms with van der Waals surface area (Å²) in [7, 11) is 2.38. The summed E-state index contributed by atoms with van der Waals surface area (Å²) in [5, 5.41) is 2.16. The highest BCUT2D eigenvalue weighted by molar-refractivity contribution is 8.13. The largest absolute Gasteiger partial charge is 0.495 e. The highest BCUT2D eigenvalue weighted by Gasteiger charge is 2.28. The fraction of sp³-hybridized carbons (Fsp3) is 0.364. The molecule has 1 amide bonds. The van der Waals surface area contributed by atoms with E-state index in [4.69, 9.17) is 15.4 Å². The Morgan fingerprint density at radius 2 is 2.00 bits per heavy atom. The van der Waals surface area contributed by atoms with Gasteiger partial charge in [-0.2, -0.15) is 13.2 Å². The van der Waals surface area contributed by atoms with Crippen molar-refractivity contribution in [2.24, 2.45) is 0 Å². The molecule has 0 spiro atoms. The first kappa shape index (κ1) is 17.6. The first-order chi connectivity index (χ1) is 9.53. The zero-order chi connectivity index (χ0) is 16.3. The predicted molar refractivity (Wildman–Crippen MR) is 70.0 cm³/mol. The van der Waals surface area contributed by atoms with Crippen LogP contribution in [0, 0.1) is 0 Å². The smallest absolute Gasteiger partial charge is 0.389 e. The Hall–Kier alpha value is -1.48. The summed E-state index contributed by atoms with van der Waals surface area (Å²) in [6.45, 7) is 0. The molecule has 0 radical (unpaired) electrons. The molecule has 1 N–H and O–H groups in total. The lowest BCUT2D eigenvalue weighted by Gasteiger charge is -2.12. The third-order valence-corrected chi connectivity index (χ3v) is 3.71. The van der Waals surface area contributed by atoms with Crippen LogP contribution in [-0.4, -0.2) is 27.6 Å². The highest BCUT2D eigenvalue weighted by Crippen LogP contribution is 2.29. The summed E-state index contributed by atoms with van der Waals surface area (Å²) in [5.74, 6) is -0.825. The number of hydrogen-bond acceptors (Lipinski definition) is 4. The second-order valence-electron chi connectivity index (χ2n) is 3.96. The van der Waals surface area contributed by atoms with E-state index in [2.05, 4.69) is 5.32 Å². The molecule has 10 heteroatoms. The molecule has 21 heavy (non-hydrogen) atoms. The molecule has 0 saturated heterocycles. The van der Waals surface area contributed by atoms with Crippen LogP contribution in [0.25, 0.3) is 0 Å². The number of rotatable bonds is 5. The minimum Gasteiger partial charge on any atom is -0.495 e. The number of nitrogens with one attached hydrogen (secondary N) is 1. The van der Waals surface area contributed by atoms with Crippen molar-refractivity contribution in [2.45, 2.75) is 23.9 Å². The van der Waals surface area contributed by atoms with E-state index in [1.807, 2.05) is 0 Å². The number of amides is 1. The van der Waals surface area contributed by atoms with Gasteiger partial charge in [-0.05, 0) is 18.2 Å². The Kier molecular flexibility index (Phi) is 5.46. The number of benzene rings is 1. The second-order valence-corrected chi connectivity index (χ2v) is 6.53. The van der Waals surface area contributed by atoms with E-state index in [0.717, 1.165) is 12.1 Å². The average molecular weight is 346 g/mol. The topological polar surface area (TPSA) is 72.5 Å². The lowest BCUT2D eigenvalue weighted by molar-refractivity contribution is -0.142. The van der Waals surface area contributed by atoms with Crippen LogP contribution in [0.2, 0.25) is 0 Å². The van der Waals surface area contributed by atoms with E-state index >= 15 is 0 Å². The molecule has 0 saturated carbocycles. The number of halogens is 4. The Morgan fingerprint density at radius 3 is 2.48 bits per heavy atom. The van der Waals surface area contributed by atoms with Crippen molar-refractivity contribution >= 4 is 31.3 Å². The van der Waals surface area contributed by atoms with Gasteiger partial charge in [-0.15, -0.1) is 0 Å². The first-order valence-electron chi connectivity index (χ1n) is 5.52. The number of hydrogen-bond donors (Lipinski definition) is 1. The van der Waals surface area contributed by atoms with Crippen LogP contribution in [0.5, 0.6) is 5.75 Å². The summed E-state index contributed by atoms with van der Waals surface area (Å²) >= 11 is 0. The third kappa shape index (κ3) is 5.80. The van der Waals surface area contributed by atoms with Crippen LogP contribution in [0.3, 0.4) is 0 Å². The maximum atomic E-state index is 12.0. The van der Waals surface area contributed by atoms with Crippen LogP contribution < -0.4 is 10.1 Å². The molecule has 0 aliphatic carbocycles. The predicted octanol–water partition coefficient (Wildman–Crippen LogP) is 2.90. The van der Waals surface area contributed by atoms with E-state index in [1.165, 1.54) is 13.2 Å². The standard InChI is InChI=1S/C11H11ClF3NO4S/c1-20-9-3-2-7(21(12,18)19)6-8(9)16-10(17)4-5-11(13,14)15/h2-3,6H,4-5H2,1H3,(H,16,17). The summed E-state index contributed by atoms with van der Waals surface area (Å²) in [5.41, 5.74) is -0.0774. The van der Waals surface area contributed by atoms with Gasteiger partial charge in [0.1, 0.15) is 5.75 Å². The first-order valence-corrected chi connectivity index (χ1v) is 7.83. The van der Waals surface area contributed by atoms with Gasteiger partial charge in [0.25, 0.3) is 9.05 Å². The Labute approximate surface area is 123 Å². The van der Waals surface area contributed by atoms with Crippen molar-refractivity contribution in [3.63, 3.8) is 0 Å². The molecule has 0 aliphatic heterocycles. The molecule has 1 rings (SSSR count). The molecule has 0 fully saturated rings. The minimum atomic E-state index is -4.46. The molecule has 5 nitrogen and oxygen atoms in total. The van der Waals surface area contributed by atoms with Crippen LogP contribution in [0.15, 0.2) is 23.1 Å². The van der Waals surface area contributed by atoms with Crippen LogP contribution >= 0.6 is 10.7 Å². The summed E-state index contributed by atoms with van der Waals surface area (Å²) in [4.78, 5) is 11.1. The van der Waals surface area contributed by atoms with Gasteiger partial charge < -0.3 is 10.1 Å². The highest BCUT2D eigenvalue weighted by atomic mass is 35.7. The molecule has 0 bridgehead atoms. The Bertz CT molecular complexity index is 631. The maximum Gasteiger partial charge on any atom is 0.389 e. The lowest BCUT2D eigenvalue weighted by Crippen LogP contribution is -2.17. The number of anilines is 1. The summed E-state index contributed by atoms with van der Waals surface area (Å²) in [6, 6.07) is 3.38.